The number of para-hydroxylation sites is 1. The van der Waals surface area contributed by atoms with Gasteiger partial charge in [0, 0.05) is 49.1 Å². The lowest BCUT2D eigenvalue weighted by molar-refractivity contribution is 0.0948. The molecule has 1 aliphatic carbocycles. The molecule has 0 saturated carbocycles. The van der Waals surface area contributed by atoms with Crippen molar-refractivity contribution in [3.05, 3.63) is 77.5 Å². The van der Waals surface area contributed by atoms with Crippen molar-refractivity contribution < 1.29 is 9.59 Å². The zero-order chi connectivity index (χ0) is 16.5. The van der Waals surface area contributed by atoms with Crippen LogP contribution in [0, 0.1) is 0 Å². The number of ketones is 2. The molecule has 0 atom stereocenters. The second kappa shape index (κ2) is 5.96. The summed E-state index contributed by atoms with van der Waals surface area (Å²) in [6.07, 6.45) is 1.50. The summed E-state index contributed by atoms with van der Waals surface area (Å²) in [7, 11) is 0. The number of hydrogen-bond donors (Lipinski definition) is 0. The van der Waals surface area contributed by atoms with Gasteiger partial charge >= 0.3 is 0 Å². The van der Waals surface area contributed by atoms with E-state index in [2.05, 4.69) is 17.0 Å². The lowest BCUT2D eigenvalue weighted by Gasteiger charge is -2.38. The maximum Gasteiger partial charge on any atom is 0.209 e. The SMILES string of the molecule is O=C1C=C(N2CCN(c3ccccc3)CC2)C(=O)c2ccccc21. The average Bonchev–Trinajstić information content (AvgIpc) is 2.66. The Bertz CT molecular complexity index is 819. The van der Waals surface area contributed by atoms with Crippen LogP contribution in [-0.4, -0.2) is 42.6 Å². The van der Waals surface area contributed by atoms with E-state index in [1.807, 2.05) is 23.1 Å². The van der Waals surface area contributed by atoms with E-state index in [1.54, 1.807) is 24.3 Å². The largest absolute Gasteiger partial charge is 0.368 e. The van der Waals surface area contributed by atoms with Crippen LogP contribution in [-0.2, 0) is 0 Å². The highest BCUT2D eigenvalue weighted by Gasteiger charge is 2.30. The van der Waals surface area contributed by atoms with Crippen molar-refractivity contribution in [3.8, 4) is 0 Å². The molecule has 2 aliphatic rings. The Morgan fingerprint density at radius 1 is 0.667 bits per heavy atom. The summed E-state index contributed by atoms with van der Waals surface area (Å²) in [5, 5.41) is 0. The van der Waals surface area contributed by atoms with Gasteiger partial charge in [-0.15, -0.1) is 0 Å². The predicted octanol–water partition coefficient (Wildman–Crippen LogP) is 2.77. The Kier molecular flexibility index (Phi) is 3.65. The maximum absolute atomic E-state index is 12.7. The number of nitrogens with zero attached hydrogens (tertiary/aromatic N) is 2. The number of carbonyl (C=O) groups is 2. The molecule has 0 spiro atoms. The maximum atomic E-state index is 12.7. The van der Waals surface area contributed by atoms with Crippen LogP contribution in [0.25, 0.3) is 0 Å². The summed E-state index contributed by atoms with van der Waals surface area (Å²) in [5.41, 5.74) is 2.76. The molecular weight excluding hydrogens is 300 g/mol. The highest BCUT2D eigenvalue weighted by molar-refractivity contribution is 6.24. The average molecular weight is 318 g/mol. The Morgan fingerprint density at radius 3 is 1.96 bits per heavy atom. The van der Waals surface area contributed by atoms with Gasteiger partial charge in [-0.1, -0.05) is 42.5 Å². The molecule has 0 aromatic heterocycles. The minimum Gasteiger partial charge on any atom is -0.368 e. The van der Waals surface area contributed by atoms with Gasteiger partial charge in [0.1, 0.15) is 0 Å². The van der Waals surface area contributed by atoms with Crippen molar-refractivity contribution in [1.29, 1.82) is 0 Å². The Labute approximate surface area is 141 Å². The zero-order valence-corrected chi connectivity index (χ0v) is 13.3. The van der Waals surface area contributed by atoms with E-state index in [1.165, 1.54) is 11.8 Å². The summed E-state index contributed by atoms with van der Waals surface area (Å²) >= 11 is 0. The number of piperazine rings is 1. The molecule has 1 fully saturated rings. The fourth-order valence-electron chi connectivity index (χ4n) is 3.38. The van der Waals surface area contributed by atoms with Crippen molar-refractivity contribution >= 4 is 17.3 Å². The first-order chi connectivity index (χ1) is 11.7. The van der Waals surface area contributed by atoms with Crippen molar-refractivity contribution in [2.45, 2.75) is 0 Å². The summed E-state index contributed by atoms with van der Waals surface area (Å²) in [4.78, 5) is 29.4. The number of Topliss-reactive ketones (excluding diaryl/α,β-unsaturated/α-hetero) is 1. The van der Waals surface area contributed by atoms with E-state index >= 15 is 0 Å². The van der Waals surface area contributed by atoms with Crippen LogP contribution in [0.15, 0.2) is 66.4 Å². The molecule has 0 amide bonds. The van der Waals surface area contributed by atoms with Crippen molar-refractivity contribution in [3.63, 3.8) is 0 Å². The molecule has 0 radical (unpaired) electrons. The van der Waals surface area contributed by atoms with E-state index in [-0.39, 0.29) is 11.6 Å². The van der Waals surface area contributed by atoms with Crippen LogP contribution in [0.4, 0.5) is 5.69 Å². The van der Waals surface area contributed by atoms with E-state index < -0.39 is 0 Å². The van der Waals surface area contributed by atoms with Gasteiger partial charge in [0.2, 0.25) is 5.78 Å². The second-order valence-corrected chi connectivity index (χ2v) is 6.08. The summed E-state index contributed by atoms with van der Waals surface area (Å²) < 4.78 is 0. The zero-order valence-electron chi connectivity index (χ0n) is 13.3. The molecule has 2 aromatic carbocycles. The van der Waals surface area contributed by atoms with Crippen LogP contribution in [0.3, 0.4) is 0 Å². The molecule has 4 nitrogen and oxygen atoms in total. The highest BCUT2D eigenvalue weighted by atomic mass is 16.1. The third-order valence-electron chi connectivity index (χ3n) is 4.68. The van der Waals surface area contributed by atoms with Gasteiger partial charge < -0.3 is 9.80 Å². The molecular formula is C20H18N2O2. The Morgan fingerprint density at radius 2 is 1.25 bits per heavy atom. The molecule has 1 heterocycles. The highest BCUT2D eigenvalue weighted by Crippen LogP contribution is 2.25. The first-order valence-electron chi connectivity index (χ1n) is 8.19. The molecule has 24 heavy (non-hydrogen) atoms. The topological polar surface area (TPSA) is 40.6 Å². The van der Waals surface area contributed by atoms with Gasteiger partial charge in [-0.05, 0) is 12.1 Å². The van der Waals surface area contributed by atoms with Crippen molar-refractivity contribution in [1.82, 2.24) is 4.90 Å². The van der Waals surface area contributed by atoms with Crippen LogP contribution in [0.1, 0.15) is 20.7 Å². The first kappa shape index (κ1) is 14.7. The number of allylic oxidation sites excluding steroid dienone is 2. The monoisotopic (exact) mass is 318 g/mol. The third kappa shape index (κ3) is 2.50. The fourth-order valence-corrected chi connectivity index (χ4v) is 3.38. The van der Waals surface area contributed by atoms with Crippen LogP contribution < -0.4 is 4.90 Å². The lowest BCUT2D eigenvalue weighted by Crippen LogP contribution is -2.47. The quantitative estimate of drug-likeness (QED) is 0.854. The van der Waals surface area contributed by atoms with Gasteiger partial charge in [-0.25, -0.2) is 0 Å². The van der Waals surface area contributed by atoms with Crippen LogP contribution in [0.2, 0.25) is 0 Å². The van der Waals surface area contributed by atoms with Gasteiger partial charge in [0.25, 0.3) is 0 Å². The van der Waals surface area contributed by atoms with Crippen LogP contribution in [0.5, 0.6) is 0 Å². The smallest absolute Gasteiger partial charge is 0.209 e. The fraction of sp³-hybridized carbons (Fsp3) is 0.200. The summed E-state index contributed by atoms with van der Waals surface area (Å²) in [6.45, 7) is 3.15. The standard InChI is InChI=1S/C20H18N2O2/c23-19-14-18(20(24)17-9-5-4-8-16(17)19)22-12-10-21(11-13-22)15-6-2-1-3-7-15/h1-9,14H,10-13H2. The molecule has 1 aliphatic heterocycles. The van der Waals surface area contributed by atoms with Crippen molar-refractivity contribution in [2.75, 3.05) is 31.1 Å². The normalized spacial score (nSPS) is 17.6. The molecule has 0 N–H and O–H groups in total. The van der Waals surface area contributed by atoms with Gasteiger partial charge in [-0.3, -0.25) is 9.59 Å². The number of benzene rings is 2. The summed E-state index contributed by atoms with van der Waals surface area (Å²) in [5.74, 6) is -0.121. The predicted molar refractivity (Wildman–Crippen MR) is 93.4 cm³/mol. The third-order valence-corrected chi connectivity index (χ3v) is 4.68. The van der Waals surface area contributed by atoms with Gasteiger partial charge in [0.05, 0.1) is 5.70 Å². The molecule has 0 bridgehead atoms. The minimum atomic E-state index is -0.0781. The number of anilines is 1. The molecule has 2 aromatic rings. The number of rotatable bonds is 2. The number of fused-ring (bicyclic) bond motifs is 1. The first-order valence-corrected chi connectivity index (χ1v) is 8.19. The lowest BCUT2D eigenvalue weighted by atomic mass is 9.92. The number of carbonyl (C=O) groups excluding carboxylic acids is 2. The Balaban J connectivity index is 1.52. The summed E-state index contributed by atoms with van der Waals surface area (Å²) in [6, 6.07) is 17.3. The Hall–Kier alpha value is -2.88. The van der Waals surface area contributed by atoms with Gasteiger partial charge in [-0.2, -0.15) is 0 Å². The van der Waals surface area contributed by atoms with E-state index in [9.17, 15) is 9.59 Å². The minimum absolute atomic E-state index is 0.0432. The van der Waals surface area contributed by atoms with E-state index in [0.717, 1.165) is 26.2 Å². The van der Waals surface area contributed by atoms with E-state index in [0.29, 0.717) is 16.8 Å². The molecule has 4 heteroatoms. The molecule has 4 rings (SSSR count). The molecule has 1 saturated heterocycles. The van der Waals surface area contributed by atoms with E-state index in [4.69, 9.17) is 0 Å². The van der Waals surface area contributed by atoms with Gasteiger partial charge in [0.15, 0.2) is 5.78 Å². The molecule has 0 unspecified atom stereocenters. The second-order valence-electron chi connectivity index (χ2n) is 6.08. The van der Waals surface area contributed by atoms with Crippen LogP contribution >= 0.6 is 0 Å². The number of hydrogen-bond acceptors (Lipinski definition) is 4. The van der Waals surface area contributed by atoms with Crippen molar-refractivity contribution in [2.24, 2.45) is 0 Å². The molecule has 120 valence electrons.